The Kier molecular flexibility index (Phi) is 4.04. The topological polar surface area (TPSA) is 70.1 Å². The van der Waals surface area contributed by atoms with Crippen LogP contribution in [-0.2, 0) is 0 Å². The van der Waals surface area contributed by atoms with Gasteiger partial charge in [0.2, 0.25) is 0 Å². The van der Waals surface area contributed by atoms with Gasteiger partial charge in [-0.05, 0) is 48.5 Å². The van der Waals surface area contributed by atoms with Crippen LogP contribution in [0.15, 0.2) is 54.7 Å². The summed E-state index contributed by atoms with van der Waals surface area (Å²) >= 11 is 5.84. The molecule has 1 aromatic heterocycles. The second-order valence-corrected chi connectivity index (χ2v) is 5.33. The van der Waals surface area contributed by atoms with E-state index in [1.807, 2.05) is 12.1 Å². The summed E-state index contributed by atoms with van der Waals surface area (Å²) in [6.45, 7) is 0. The molecule has 2 N–H and O–H groups in total. The quantitative estimate of drug-likeness (QED) is 0.746. The Bertz CT molecular complexity index is 839. The molecule has 23 heavy (non-hydrogen) atoms. The number of benzene rings is 2. The van der Waals surface area contributed by atoms with E-state index in [0.29, 0.717) is 16.1 Å². The number of nitrogen functional groups attached to an aromatic ring is 1. The number of carbonyl (C=O) groups excluding carboxylic acids is 1. The zero-order valence-electron chi connectivity index (χ0n) is 12.4. The van der Waals surface area contributed by atoms with Gasteiger partial charge in [0.25, 0.3) is 0 Å². The van der Waals surface area contributed by atoms with Crippen molar-refractivity contribution in [3.63, 3.8) is 0 Å². The maximum absolute atomic E-state index is 12.5. The summed E-state index contributed by atoms with van der Waals surface area (Å²) in [5, 5.41) is 4.78. The standard InChI is InChI=1S/C17H14ClN3O2/c1-23-14-8-6-13(7-9-14)21-17(19)15(10-20-21)16(22)11-2-4-12(18)5-3-11/h2-10H,19H2,1H3. The normalized spacial score (nSPS) is 10.5. The fourth-order valence-electron chi connectivity index (χ4n) is 2.22. The molecule has 0 spiro atoms. The van der Waals surface area contributed by atoms with Gasteiger partial charge in [0.1, 0.15) is 11.6 Å². The number of hydrogen-bond acceptors (Lipinski definition) is 4. The molecule has 0 atom stereocenters. The van der Waals surface area contributed by atoms with Crippen molar-refractivity contribution in [2.75, 3.05) is 12.8 Å². The molecule has 0 radical (unpaired) electrons. The Labute approximate surface area is 138 Å². The third-order valence-electron chi connectivity index (χ3n) is 3.47. The minimum Gasteiger partial charge on any atom is -0.497 e. The summed E-state index contributed by atoms with van der Waals surface area (Å²) in [6, 6.07) is 13.9. The molecule has 6 heteroatoms. The van der Waals surface area contributed by atoms with Gasteiger partial charge in [0.05, 0.1) is 24.6 Å². The third kappa shape index (κ3) is 2.91. The zero-order valence-corrected chi connectivity index (χ0v) is 13.1. The van der Waals surface area contributed by atoms with Crippen LogP contribution in [0.3, 0.4) is 0 Å². The smallest absolute Gasteiger partial charge is 0.198 e. The first kappa shape index (κ1) is 15.1. The molecule has 3 rings (SSSR count). The van der Waals surface area contributed by atoms with Crippen molar-refractivity contribution in [1.29, 1.82) is 0 Å². The van der Waals surface area contributed by atoms with Crippen molar-refractivity contribution in [2.45, 2.75) is 0 Å². The average molecular weight is 328 g/mol. The van der Waals surface area contributed by atoms with Crippen LogP contribution in [0.2, 0.25) is 5.02 Å². The van der Waals surface area contributed by atoms with Gasteiger partial charge in [-0.15, -0.1) is 0 Å². The lowest BCUT2D eigenvalue weighted by atomic mass is 10.1. The largest absolute Gasteiger partial charge is 0.497 e. The number of ether oxygens (including phenoxy) is 1. The van der Waals surface area contributed by atoms with Crippen molar-refractivity contribution in [1.82, 2.24) is 9.78 Å². The highest BCUT2D eigenvalue weighted by molar-refractivity contribution is 6.30. The average Bonchev–Trinajstić information content (AvgIpc) is 2.96. The molecule has 0 aliphatic heterocycles. The summed E-state index contributed by atoms with van der Waals surface area (Å²) in [4.78, 5) is 12.5. The number of nitrogens with zero attached hydrogens (tertiary/aromatic N) is 2. The van der Waals surface area contributed by atoms with Gasteiger partial charge in [0.15, 0.2) is 5.78 Å². The van der Waals surface area contributed by atoms with E-state index >= 15 is 0 Å². The van der Waals surface area contributed by atoms with E-state index in [-0.39, 0.29) is 11.6 Å². The SMILES string of the molecule is COc1ccc(-n2ncc(C(=O)c3ccc(Cl)cc3)c2N)cc1. The van der Waals surface area contributed by atoms with Crippen molar-refractivity contribution in [3.05, 3.63) is 70.9 Å². The molecule has 1 heterocycles. The highest BCUT2D eigenvalue weighted by Gasteiger charge is 2.17. The summed E-state index contributed by atoms with van der Waals surface area (Å²) < 4.78 is 6.64. The third-order valence-corrected chi connectivity index (χ3v) is 3.73. The molecular formula is C17H14ClN3O2. The van der Waals surface area contributed by atoms with Crippen LogP contribution in [0.4, 0.5) is 5.82 Å². The molecule has 0 aliphatic rings. The molecule has 0 bridgehead atoms. The number of nitrogens with two attached hydrogens (primary N) is 1. The van der Waals surface area contributed by atoms with E-state index < -0.39 is 0 Å². The van der Waals surface area contributed by atoms with Crippen molar-refractivity contribution in [2.24, 2.45) is 0 Å². The van der Waals surface area contributed by atoms with Crippen LogP contribution < -0.4 is 10.5 Å². The summed E-state index contributed by atoms with van der Waals surface area (Å²) in [6.07, 6.45) is 1.47. The van der Waals surface area contributed by atoms with E-state index in [4.69, 9.17) is 22.1 Å². The van der Waals surface area contributed by atoms with Gasteiger partial charge in [-0.25, -0.2) is 4.68 Å². The second kappa shape index (κ2) is 6.14. The minimum atomic E-state index is -0.195. The predicted octanol–water partition coefficient (Wildman–Crippen LogP) is 3.35. The van der Waals surface area contributed by atoms with Gasteiger partial charge in [-0.3, -0.25) is 4.79 Å². The molecule has 5 nitrogen and oxygen atoms in total. The molecule has 0 aliphatic carbocycles. The lowest BCUT2D eigenvalue weighted by Gasteiger charge is -2.06. The van der Waals surface area contributed by atoms with Gasteiger partial charge in [0, 0.05) is 10.6 Å². The second-order valence-electron chi connectivity index (χ2n) is 4.89. The molecule has 0 fully saturated rings. The Hall–Kier alpha value is -2.79. The number of rotatable bonds is 4. The Balaban J connectivity index is 1.95. The van der Waals surface area contributed by atoms with E-state index in [2.05, 4.69) is 5.10 Å². The Morgan fingerprint density at radius 3 is 2.39 bits per heavy atom. The lowest BCUT2D eigenvalue weighted by molar-refractivity contribution is 0.103. The first-order chi connectivity index (χ1) is 11.1. The van der Waals surface area contributed by atoms with E-state index in [1.54, 1.807) is 43.5 Å². The van der Waals surface area contributed by atoms with Crippen molar-refractivity contribution < 1.29 is 9.53 Å². The van der Waals surface area contributed by atoms with Crippen LogP contribution >= 0.6 is 11.6 Å². The van der Waals surface area contributed by atoms with Crippen LogP contribution in [-0.4, -0.2) is 22.7 Å². The summed E-state index contributed by atoms with van der Waals surface area (Å²) in [7, 11) is 1.60. The summed E-state index contributed by atoms with van der Waals surface area (Å²) in [5.41, 5.74) is 7.70. The predicted molar refractivity (Wildman–Crippen MR) is 89.4 cm³/mol. The molecule has 116 valence electrons. The number of carbonyl (C=O) groups is 1. The number of ketones is 1. The highest BCUT2D eigenvalue weighted by Crippen LogP contribution is 2.22. The van der Waals surface area contributed by atoms with E-state index in [0.717, 1.165) is 11.4 Å². The molecule has 3 aromatic rings. The number of anilines is 1. The van der Waals surface area contributed by atoms with Crippen molar-refractivity contribution >= 4 is 23.2 Å². The Morgan fingerprint density at radius 2 is 1.78 bits per heavy atom. The first-order valence-corrected chi connectivity index (χ1v) is 7.26. The molecule has 0 saturated carbocycles. The number of halogens is 1. The van der Waals surface area contributed by atoms with Crippen LogP contribution in [0.25, 0.3) is 5.69 Å². The number of methoxy groups -OCH3 is 1. The van der Waals surface area contributed by atoms with Gasteiger partial charge < -0.3 is 10.5 Å². The first-order valence-electron chi connectivity index (χ1n) is 6.88. The highest BCUT2D eigenvalue weighted by atomic mass is 35.5. The molecule has 0 amide bonds. The molecule has 2 aromatic carbocycles. The van der Waals surface area contributed by atoms with E-state index in [9.17, 15) is 4.79 Å². The van der Waals surface area contributed by atoms with Crippen LogP contribution in [0, 0.1) is 0 Å². The summed E-state index contributed by atoms with van der Waals surface area (Å²) in [5.74, 6) is 0.825. The van der Waals surface area contributed by atoms with Gasteiger partial charge in [-0.1, -0.05) is 11.6 Å². The number of aromatic nitrogens is 2. The minimum absolute atomic E-state index is 0.195. The van der Waals surface area contributed by atoms with Gasteiger partial charge >= 0.3 is 0 Å². The van der Waals surface area contributed by atoms with Crippen LogP contribution in [0.5, 0.6) is 5.75 Å². The zero-order chi connectivity index (χ0) is 16.4. The fraction of sp³-hybridized carbons (Fsp3) is 0.0588. The number of hydrogen-bond donors (Lipinski definition) is 1. The Morgan fingerprint density at radius 1 is 1.13 bits per heavy atom. The maximum Gasteiger partial charge on any atom is 0.198 e. The fourth-order valence-corrected chi connectivity index (χ4v) is 2.34. The molecule has 0 unspecified atom stereocenters. The molecule has 0 saturated heterocycles. The maximum atomic E-state index is 12.5. The lowest BCUT2D eigenvalue weighted by Crippen LogP contribution is -2.07. The van der Waals surface area contributed by atoms with E-state index in [1.165, 1.54) is 10.9 Å². The van der Waals surface area contributed by atoms with Gasteiger partial charge in [-0.2, -0.15) is 5.10 Å². The van der Waals surface area contributed by atoms with Crippen LogP contribution in [0.1, 0.15) is 15.9 Å². The molecular weight excluding hydrogens is 314 g/mol. The van der Waals surface area contributed by atoms with Crippen molar-refractivity contribution in [3.8, 4) is 11.4 Å². The monoisotopic (exact) mass is 327 g/mol.